The largest absolute Gasteiger partial charge is 0.382 e. The van der Waals surface area contributed by atoms with Crippen molar-refractivity contribution in [1.29, 1.82) is 0 Å². The fraction of sp³-hybridized carbons (Fsp3) is 0.500. The predicted molar refractivity (Wildman–Crippen MR) is 59.1 cm³/mol. The number of fused-ring (bicyclic) bond motifs is 1. The molecule has 0 spiro atoms. The van der Waals surface area contributed by atoms with Crippen molar-refractivity contribution in [2.75, 3.05) is 29.6 Å². The van der Waals surface area contributed by atoms with Crippen LogP contribution in [0.15, 0.2) is 6.07 Å². The second-order valence-electron chi connectivity index (χ2n) is 3.23. The van der Waals surface area contributed by atoms with Crippen molar-refractivity contribution in [3.63, 3.8) is 0 Å². The Kier molecular flexibility index (Phi) is 2.14. The maximum absolute atomic E-state index is 5.90. The monoisotopic (exact) mass is 209 g/mol. The van der Waals surface area contributed by atoms with Crippen LogP contribution in [0.5, 0.6) is 0 Å². The smallest absolute Gasteiger partial charge is 0.243 e. The molecule has 0 aromatic carbocycles. The van der Waals surface area contributed by atoms with E-state index in [2.05, 4.69) is 24.0 Å². The molecule has 0 amide bonds. The normalized spacial score (nSPS) is 11.1. The molecule has 15 heavy (non-hydrogen) atoms. The lowest BCUT2D eigenvalue weighted by molar-refractivity contribution is 0.541. The van der Waals surface area contributed by atoms with Gasteiger partial charge in [0.05, 0.1) is 0 Å². The quantitative estimate of drug-likeness (QED) is 0.722. The number of nitrogens with two attached hydrogens (primary N) is 2. The van der Waals surface area contributed by atoms with Crippen LogP contribution < -0.4 is 16.5 Å². The van der Waals surface area contributed by atoms with E-state index in [4.69, 9.17) is 11.5 Å². The molecule has 0 radical (unpaired) electrons. The maximum atomic E-state index is 5.90. The SMILES string of the molecule is CCN(CC)n1c(N)cc2nnc(N)n21. The minimum atomic E-state index is 0.341. The summed E-state index contributed by atoms with van der Waals surface area (Å²) in [4.78, 5) is 1.80. The summed E-state index contributed by atoms with van der Waals surface area (Å²) in [7, 11) is 0. The van der Waals surface area contributed by atoms with E-state index in [1.54, 1.807) is 15.4 Å². The van der Waals surface area contributed by atoms with Crippen molar-refractivity contribution < 1.29 is 0 Å². The zero-order valence-electron chi connectivity index (χ0n) is 8.88. The van der Waals surface area contributed by atoms with Crippen LogP contribution >= 0.6 is 0 Å². The van der Waals surface area contributed by atoms with Crippen LogP contribution in [0.2, 0.25) is 0 Å². The van der Waals surface area contributed by atoms with E-state index in [1.807, 2.05) is 5.01 Å². The lowest BCUT2D eigenvalue weighted by atomic mass is 10.6. The van der Waals surface area contributed by atoms with Crippen molar-refractivity contribution in [3.8, 4) is 0 Å². The highest BCUT2D eigenvalue weighted by Crippen LogP contribution is 2.13. The number of hydrogen-bond acceptors (Lipinski definition) is 5. The zero-order valence-corrected chi connectivity index (χ0v) is 8.88. The van der Waals surface area contributed by atoms with Gasteiger partial charge < -0.3 is 11.5 Å². The summed E-state index contributed by atoms with van der Waals surface area (Å²) < 4.78 is 1.70. The third-order valence-corrected chi connectivity index (χ3v) is 2.38. The molecule has 4 N–H and O–H groups in total. The van der Waals surface area contributed by atoms with Gasteiger partial charge in [-0.2, -0.15) is 9.31 Å². The van der Waals surface area contributed by atoms with Crippen LogP contribution in [0.1, 0.15) is 13.8 Å². The molecule has 0 fully saturated rings. The Labute approximate surface area is 87.2 Å². The van der Waals surface area contributed by atoms with Gasteiger partial charge in [-0.05, 0) is 13.8 Å². The molecule has 2 heterocycles. The molecule has 7 heteroatoms. The number of rotatable bonds is 3. The first kappa shape index (κ1) is 9.63. The summed E-state index contributed by atoms with van der Waals surface area (Å²) in [5.41, 5.74) is 12.3. The van der Waals surface area contributed by atoms with Gasteiger partial charge in [0.15, 0.2) is 5.65 Å². The average molecular weight is 209 g/mol. The van der Waals surface area contributed by atoms with Crippen molar-refractivity contribution >= 4 is 17.4 Å². The summed E-state index contributed by atoms with van der Waals surface area (Å²) in [6, 6.07) is 1.75. The van der Waals surface area contributed by atoms with Gasteiger partial charge in [-0.15, -0.1) is 10.2 Å². The Morgan fingerprint density at radius 2 is 1.93 bits per heavy atom. The molecule has 0 unspecified atom stereocenters. The maximum Gasteiger partial charge on any atom is 0.243 e. The van der Waals surface area contributed by atoms with Gasteiger partial charge in [-0.1, -0.05) is 0 Å². The molecule has 0 aliphatic carbocycles. The van der Waals surface area contributed by atoms with Crippen molar-refractivity contribution in [1.82, 2.24) is 19.5 Å². The van der Waals surface area contributed by atoms with Gasteiger partial charge in [0.25, 0.3) is 0 Å². The first-order valence-electron chi connectivity index (χ1n) is 4.92. The van der Waals surface area contributed by atoms with Crippen molar-refractivity contribution in [2.45, 2.75) is 13.8 Å². The van der Waals surface area contributed by atoms with Gasteiger partial charge in [-0.3, -0.25) is 5.01 Å². The van der Waals surface area contributed by atoms with Gasteiger partial charge in [-0.25, -0.2) is 0 Å². The molecule has 7 nitrogen and oxygen atoms in total. The highest BCUT2D eigenvalue weighted by Gasteiger charge is 2.14. The van der Waals surface area contributed by atoms with E-state index in [1.165, 1.54) is 0 Å². The number of anilines is 2. The Morgan fingerprint density at radius 1 is 1.27 bits per heavy atom. The number of nitrogen functional groups attached to an aromatic ring is 2. The van der Waals surface area contributed by atoms with Crippen LogP contribution in [0.25, 0.3) is 5.65 Å². The fourth-order valence-corrected chi connectivity index (χ4v) is 1.68. The fourth-order valence-electron chi connectivity index (χ4n) is 1.68. The summed E-state index contributed by atoms with van der Waals surface area (Å²) >= 11 is 0. The summed E-state index contributed by atoms with van der Waals surface area (Å²) in [6.07, 6.45) is 0. The Hall–Kier alpha value is -1.92. The Bertz CT molecular complexity index is 464. The van der Waals surface area contributed by atoms with E-state index in [0.717, 1.165) is 13.1 Å². The van der Waals surface area contributed by atoms with Crippen LogP contribution in [0, 0.1) is 0 Å². The molecular weight excluding hydrogens is 194 g/mol. The van der Waals surface area contributed by atoms with E-state index in [9.17, 15) is 0 Å². The van der Waals surface area contributed by atoms with Gasteiger partial charge >= 0.3 is 0 Å². The highest BCUT2D eigenvalue weighted by atomic mass is 15.7. The number of nitrogens with zero attached hydrogens (tertiary/aromatic N) is 5. The Morgan fingerprint density at radius 3 is 2.53 bits per heavy atom. The van der Waals surface area contributed by atoms with Crippen LogP contribution in [-0.2, 0) is 0 Å². The van der Waals surface area contributed by atoms with Crippen molar-refractivity contribution in [2.24, 2.45) is 0 Å². The molecular formula is C8H15N7. The standard InChI is InChI=1S/C8H15N7/c1-3-13(4-2)15-6(9)5-7-11-12-8(10)14(7)15/h5H,3-4,9H2,1-2H3,(H2,10,12). The van der Waals surface area contributed by atoms with Crippen LogP contribution in [0.4, 0.5) is 11.8 Å². The minimum Gasteiger partial charge on any atom is -0.382 e. The lowest BCUT2D eigenvalue weighted by Gasteiger charge is -2.24. The van der Waals surface area contributed by atoms with E-state index in [-0.39, 0.29) is 0 Å². The number of aromatic nitrogens is 4. The Balaban J connectivity index is 2.65. The first-order valence-corrected chi connectivity index (χ1v) is 4.92. The van der Waals surface area contributed by atoms with Crippen LogP contribution in [0.3, 0.4) is 0 Å². The van der Waals surface area contributed by atoms with E-state index >= 15 is 0 Å². The topological polar surface area (TPSA) is 90.4 Å². The predicted octanol–water partition coefficient (Wildman–Crippen LogP) is -0.327. The third-order valence-electron chi connectivity index (χ3n) is 2.38. The second kappa shape index (κ2) is 3.34. The van der Waals surface area contributed by atoms with Gasteiger partial charge in [0.1, 0.15) is 5.82 Å². The van der Waals surface area contributed by atoms with E-state index < -0.39 is 0 Å². The van der Waals surface area contributed by atoms with E-state index in [0.29, 0.717) is 17.4 Å². The minimum absolute atomic E-state index is 0.341. The second-order valence-corrected chi connectivity index (χ2v) is 3.23. The molecule has 0 bridgehead atoms. The molecule has 0 aliphatic rings. The summed E-state index contributed by atoms with van der Waals surface area (Å²) in [5, 5.41) is 9.75. The van der Waals surface area contributed by atoms with Gasteiger partial charge in [0.2, 0.25) is 5.95 Å². The average Bonchev–Trinajstić information content (AvgIpc) is 2.71. The molecule has 0 aliphatic heterocycles. The van der Waals surface area contributed by atoms with Crippen molar-refractivity contribution in [3.05, 3.63) is 6.07 Å². The highest BCUT2D eigenvalue weighted by molar-refractivity contribution is 5.52. The summed E-state index contributed by atoms with van der Waals surface area (Å²) in [5.74, 6) is 0.948. The molecule has 0 saturated heterocycles. The molecule has 2 aromatic heterocycles. The lowest BCUT2D eigenvalue weighted by Crippen LogP contribution is -2.37. The molecule has 2 aromatic rings. The van der Waals surface area contributed by atoms with Crippen LogP contribution in [-0.4, -0.2) is 32.6 Å². The first-order chi connectivity index (χ1) is 7.19. The van der Waals surface area contributed by atoms with Gasteiger partial charge in [0, 0.05) is 19.2 Å². The molecule has 0 saturated carbocycles. The molecule has 2 rings (SSSR count). The molecule has 82 valence electrons. The summed E-state index contributed by atoms with van der Waals surface area (Å²) in [6.45, 7) is 5.77. The zero-order chi connectivity index (χ0) is 11.0. The molecule has 0 atom stereocenters. The number of hydrogen-bond donors (Lipinski definition) is 2. The third kappa shape index (κ3) is 1.27.